The zero-order valence-electron chi connectivity index (χ0n) is 14.7. The van der Waals surface area contributed by atoms with Crippen LogP contribution in [-0.4, -0.2) is 13.0 Å². The summed E-state index contributed by atoms with van der Waals surface area (Å²) in [4.78, 5) is 13.7. The predicted molar refractivity (Wildman–Crippen MR) is 107 cm³/mol. The first kappa shape index (κ1) is 18.2. The SMILES string of the molecule is C[NH+](Cc1ccc(Cl)cc1)Cc1ccc(C(=O)Nc2ccccc2)cc1. The van der Waals surface area contributed by atoms with E-state index in [0.29, 0.717) is 5.56 Å². The molecular formula is C22H22ClN2O+. The topological polar surface area (TPSA) is 33.5 Å². The van der Waals surface area contributed by atoms with Crippen LogP contribution in [0.1, 0.15) is 21.5 Å². The number of rotatable bonds is 6. The quantitative estimate of drug-likeness (QED) is 0.684. The number of carbonyl (C=O) groups excluding carboxylic acids is 1. The van der Waals surface area contributed by atoms with E-state index in [9.17, 15) is 4.79 Å². The fourth-order valence-electron chi connectivity index (χ4n) is 2.86. The molecule has 0 aliphatic carbocycles. The minimum atomic E-state index is -0.0929. The first-order valence-electron chi connectivity index (χ1n) is 8.61. The van der Waals surface area contributed by atoms with Gasteiger partial charge in [-0.25, -0.2) is 0 Å². The summed E-state index contributed by atoms with van der Waals surface area (Å²) in [6.45, 7) is 1.82. The second-order valence-electron chi connectivity index (χ2n) is 6.45. The van der Waals surface area contributed by atoms with Crippen molar-refractivity contribution in [3.05, 3.63) is 101 Å². The molecule has 1 amide bonds. The van der Waals surface area contributed by atoms with Gasteiger partial charge in [0.15, 0.2) is 0 Å². The highest BCUT2D eigenvalue weighted by molar-refractivity contribution is 6.30. The Morgan fingerprint density at radius 1 is 0.846 bits per heavy atom. The molecule has 0 aliphatic heterocycles. The van der Waals surface area contributed by atoms with E-state index in [-0.39, 0.29) is 5.91 Å². The largest absolute Gasteiger partial charge is 0.330 e. The van der Waals surface area contributed by atoms with E-state index < -0.39 is 0 Å². The number of hydrogen-bond donors (Lipinski definition) is 2. The lowest BCUT2D eigenvalue weighted by Gasteiger charge is -2.14. The molecule has 3 nitrogen and oxygen atoms in total. The van der Waals surface area contributed by atoms with Gasteiger partial charge in [-0.05, 0) is 36.4 Å². The van der Waals surface area contributed by atoms with Crippen molar-refractivity contribution in [2.75, 3.05) is 12.4 Å². The number of halogens is 1. The maximum atomic E-state index is 12.3. The molecule has 2 N–H and O–H groups in total. The van der Waals surface area contributed by atoms with Gasteiger partial charge in [-0.2, -0.15) is 0 Å². The molecule has 1 atom stereocenters. The third-order valence-corrected chi connectivity index (χ3v) is 4.42. The molecule has 0 spiro atoms. The summed E-state index contributed by atoms with van der Waals surface area (Å²) in [7, 11) is 2.16. The van der Waals surface area contributed by atoms with Crippen LogP contribution >= 0.6 is 11.6 Å². The third kappa shape index (κ3) is 5.19. The first-order valence-corrected chi connectivity index (χ1v) is 8.99. The van der Waals surface area contributed by atoms with E-state index in [0.717, 1.165) is 23.8 Å². The molecule has 0 saturated carbocycles. The van der Waals surface area contributed by atoms with Crippen molar-refractivity contribution in [3.63, 3.8) is 0 Å². The Bertz CT molecular complexity index is 846. The van der Waals surface area contributed by atoms with E-state index in [1.165, 1.54) is 16.0 Å². The Kier molecular flexibility index (Phi) is 6.05. The molecule has 3 rings (SSSR count). The second kappa shape index (κ2) is 8.65. The van der Waals surface area contributed by atoms with Crippen molar-refractivity contribution >= 4 is 23.2 Å². The lowest BCUT2D eigenvalue weighted by atomic mass is 10.1. The summed E-state index contributed by atoms with van der Waals surface area (Å²) < 4.78 is 0. The van der Waals surface area contributed by atoms with Gasteiger partial charge < -0.3 is 10.2 Å². The van der Waals surface area contributed by atoms with Gasteiger partial charge in [0.25, 0.3) is 5.91 Å². The number of carbonyl (C=O) groups is 1. The zero-order chi connectivity index (χ0) is 18.4. The van der Waals surface area contributed by atoms with Crippen LogP contribution in [0, 0.1) is 0 Å². The van der Waals surface area contributed by atoms with Crippen molar-refractivity contribution in [1.29, 1.82) is 0 Å². The van der Waals surface area contributed by atoms with E-state index in [2.05, 4.69) is 24.5 Å². The average Bonchev–Trinajstić information content (AvgIpc) is 2.65. The van der Waals surface area contributed by atoms with Crippen molar-refractivity contribution in [2.45, 2.75) is 13.1 Å². The maximum absolute atomic E-state index is 12.3. The van der Waals surface area contributed by atoms with Crippen LogP contribution in [0.25, 0.3) is 0 Å². The molecule has 3 aromatic rings. The molecule has 0 heterocycles. The molecule has 0 fully saturated rings. The highest BCUT2D eigenvalue weighted by Gasteiger charge is 2.09. The number of amides is 1. The van der Waals surface area contributed by atoms with Gasteiger partial charge in [0, 0.05) is 27.4 Å². The number of quaternary nitrogens is 1. The van der Waals surface area contributed by atoms with Gasteiger partial charge >= 0.3 is 0 Å². The fourth-order valence-corrected chi connectivity index (χ4v) is 2.99. The minimum Gasteiger partial charge on any atom is -0.330 e. The minimum absolute atomic E-state index is 0.0929. The van der Waals surface area contributed by atoms with Gasteiger partial charge in [0.1, 0.15) is 13.1 Å². The molecule has 132 valence electrons. The Hall–Kier alpha value is -2.62. The first-order chi connectivity index (χ1) is 12.6. The monoisotopic (exact) mass is 365 g/mol. The number of nitrogens with one attached hydrogen (secondary N) is 2. The predicted octanol–water partition coefficient (Wildman–Crippen LogP) is 3.81. The normalized spacial score (nSPS) is 11.8. The number of hydrogen-bond acceptors (Lipinski definition) is 1. The van der Waals surface area contributed by atoms with Gasteiger partial charge in [-0.15, -0.1) is 0 Å². The molecule has 4 heteroatoms. The summed E-state index contributed by atoms with van der Waals surface area (Å²) in [5.74, 6) is -0.0929. The number of benzene rings is 3. The van der Waals surface area contributed by atoms with Gasteiger partial charge in [-0.3, -0.25) is 4.79 Å². The van der Waals surface area contributed by atoms with E-state index in [4.69, 9.17) is 11.6 Å². The van der Waals surface area contributed by atoms with Crippen LogP contribution in [0.3, 0.4) is 0 Å². The Morgan fingerprint density at radius 3 is 1.96 bits per heavy atom. The van der Waals surface area contributed by atoms with Crippen LogP contribution in [0.15, 0.2) is 78.9 Å². The lowest BCUT2D eigenvalue weighted by Crippen LogP contribution is -3.06. The highest BCUT2D eigenvalue weighted by atomic mass is 35.5. The molecule has 0 bridgehead atoms. The smallest absolute Gasteiger partial charge is 0.255 e. The van der Waals surface area contributed by atoms with Crippen LogP contribution in [0.2, 0.25) is 5.02 Å². The van der Waals surface area contributed by atoms with Crippen LogP contribution in [0.4, 0.5) is 5.69 Å². The molecule has 0 aliphatic rings. The van der Waals surface area contributed by atoms with E-state index in [1.54, 1.807) is 0 Å². The Morgan fingerprint density at radius 2 is 1.38 bits per heavy atom. The van der Waals surface area contributed by atoms with Gasteiger partial charge in [-0.1, -0.05) is 54.1 Å². The van der Waals surface area contributed by atoms with Crippen molar-refractivity contribution in [3.8, 4) is 0 Å². The third-order valence-electron chi connectivity index (χ3n) is 4.17. The van der Waals surface area contributed by atoms with Crippen molar-refractivity contribution in [1.82, 2.24) is 0 Å². The molecule has 0 saturated heterocycles. The highest BCUT2D eigenvalue weighted by Crippen LogP contribution is 2.10. The Balaban J connectivity index is 1.56. The van der Waals surface area contributed by atoms with Crippen LogP contribution in [0.5, 0.6) is 0 Å². The summed E-state index contributed by atoms with van der Waals surface area (Å²) >= 11 is 5.93. The number of para-hydroxylation sites is 1. The molecule has 0 radical (unpaired) electrons. The Labute approximate surface area is 159 Å². The van der Waals surface area contributed by atoms with Crippen LogP contribution < -0.4 is 10.2 Å². The second-order valence-corrected chi connectivity index (χ2v) is 6.89. The molecule has 0 aromatic heterocycles. The van der Waals surface area contributed by atoms with E-state index in [1.807, 2.05) is 66.7 Å². The maximum Gasteiger partial charge on any atom is 0.255 e. The van der Waals surface area contributed by atoms with Crippen LogP contribution in [-0.2, 0) is 13.1 Å². The fraction of sp³-hybridized carbons (Fsp3) is 0.136. The van der Waals surface area contributed by atoms with Gasteiger partial charge in [0.05, 0.1) is 7.05 Å². The van der Waals surface area contributed by atoms with Crippen molar-refractivity contribution < 1.29 is 9.69 Å². The summed E-state index contributed by atoms with van der Waals surface area (Å²) in [5, 5.41) is 3.66. The molecule has 3 aromatic carbocycles. The standard InChI is InChI=1S/C22H21ClN2O/c1-25(16-18-9-13-20(23)14-10-18)15-17-7-11-19(12-8-17)22(26)24-21-5-3-2-4-6-21/h2-14H,15-16H2,1H3,(H,24,26)/p+1. The van der Waals surface area contributed by atoms with Gasteiger partial charge in [0.2, 0.25) is 0 Å². The molecule has 26 heavy (non-hydrogen) atoms. The number of anilines is 1. The molecule has 1 unspecified atom stereocenters. The molecular weight excluding hydrogens is 344 g/mol. The zero-order valence-corrected chi connectivity index (χ0v) is 15.5. The summed E-state index contributed by atoms with van der Waals surface area (Å²) in [5.41, 5.74) is 3.92. The van der Waals surface area contributed by atoms with Crippen molar-refractivity contribution in [2.24, 2.45) is 0 Å². The average molecular weight is 366 g/mol. The summed E-state index contributed by atoms with van der Waals surface area (Å²) in [6, 6.07) is 25.2. The lowest BCUT2D eigenvalue weighted by molar-refractivity contribution is -0.907. The van der Waals surface area contributed by atoms with E-state index >= 15 is 0 Å². The summed E-state index contributed by atoms with van der Waals surface area (Å²) in [6.07, 6.45) is 0.